The van der Waals surface area contributed by atoms with E-state index < -0.39 is 0 Å². The fourth-order valence-corrected chi connectivity index (χ4v) is 5.56. The summed E-state index contributed by atoms with van der Waals surface area (Å²) in [6.07, 6.45) is 0. The summed E-state index contributed by atoms with van der Waals surface area (Å²) in [5, 5.41) is 6.81. The second kappa shape index (κ2) is 13.0. The average Bonchev–Trinajstić information content (AvgIpc) is 3.05. The molecule has 2 N–H and O–H groups in total. The van der Waals surface area contributed by atoms with E-state index in [1.54, 1.807) is 12.1 Å². The van der Waals surface area contributed by atoms with Crippen molar-refractivity contribution in [2.45, 2.75) is 6.54 Å². The number of benzene rings is 3. The van der Waals surface area contributed by atoms with E-state index in [1.807, 2.05) is 0 Å². The van der Waals surface area contributed by atoms with E-state index in [0.29, 0.717) is 17.6 Å². The Hall–Kier alpha value is -4.44. The van der Waals surface area contributed by atoms with Gasteiger partial charge < -0.3 is 30.2 Å². The van der Waals surface area contributed by atoms with Gasteiger partial charge in [0.15, 0.2) is 5.11 Å². The van der Waals surface area contributed by atoms with Gasteiger partial charge in [0.1, 0.15) is 17.5 Å². The molecule has 3 aromatic carbocycles. The molecular formula is C32H35FN8S. The van der Waals surface area contributed by atoms with Crippen LogP contribution in [0, 0.1) is 5.82 Å². The topological polar surface area (TPSA) is 62.8 Å². The molecule has 0 amide bonds. The minimum Gasteiger partial charge on any atom is -0.368 e. The number of thiocarbonyl (C=S) groups is 1. The van der Waals surface area contributed by atoms with E-state index in [-0.39, 0.29) is 5.82 Å². The van der Waals surface area contributed by atoms with Gasteiger partial charge in [0.2, 0.25) is 5.95 Å². The Morgan fingerprint density at radius 1 is 0.643 bits per heavy atom. The molecule has 0 aliphatic carbocycles. The van der Waals surface area contributed by atoms with Crippen LogP contribution in [0.4, 0.5) is 33.3 Å². The molecule has 10 heteroatoms. The van der Waals surface area contributed by atoms with Gasteiger partial charge >= 0.3 is 0 Å². The monoisotopic (exact) mass is 582 g/mol. The molecule has 216 valence electrons. The lowest BCUT2D eigenvalue weighted by Gasteiger charge is -2.38. The fourth-order valence-electron chi connectivity index (χ4n) is 5.40. The van der Waals surface area contributed by atoms with Crippen LogP contribution >= 0.6 is 12.2 Å². The van der Waals surface area contributed by atoms with Gasteiger partial charge in [0.25, 0.3) is 0 Å². The fraction of sp³-hybridized carbons (Fsp3) is 0.281. The van der Waals surface area contributed by atoms with Gasteiger partial charge in [0.05, 0.1) is 0 Å². The lowest BCUT2D eigenvalue weighted by Crippen LogP contribution is -2.48. The number of hydrogen-bond donors (Lipinski definition) is 2. The molecule has 6 rings (SSSR count). The van der Waals surface area contributed by atoms with Crippen molar-refractivity contribution in [3.05, 3.63) is 102 Å². The smallest absolute Gasteiger partial charge is 0.232 e. The zero-order valence-electron chi connectivity index (χ0n) is 23.5. The molecule has 42 heavy (non-hydrogen) atoms. The first kappa shape index (κ1) is 27.7. The van der Waals surface area contributed by atoms with Crippen molar-refractivity contribution in [2.24, 2.45) is 0 Å². The minimum absolute atomic E-state index is 0.258. The molecule has 0 spiro atoms. The Labute approximate surface area is 251 Å². The predicted molar refractivity (Wildman–Crippen MR) is 173 cm³/mol. The predicted octanol–water partition coefficient (Wildman–Crippen LogP) is 4.76. The largest absolute Gasteiger partial charge is 0.368 e. The molecule has 0 unspecified atom stereocenters. The first-order chi connectivity index (χ1) is 20.6. The van der Waals surface area contributed by atoms with Crippen molar-refractivity contribution in [3.63, 3.8) is 0 Å². The number of piperazine rings is 2. The Kier molecular flexibility index (Phi) is 8.60. The van der Waals surface area contributed by atoms with E-state index >= 15 is 0 Å². The van der Waals surface area contributed by atoms with Crippen molar-refractivity contribution in [1.29, 1.82) is 0 Å². The Bertz CT molecular complexity index is 1380. The second-order valence-corrected chi connectivity index (χ2v) is 10.9. The first-order valence-corrected chi connectivity index (χ1v) is 14.8. The summed E-state index contributed by atoms with van der Waals surface area (Å²) in [5.41, 5.74) is 3.43. The van der Waals surface area contributed by atoms with Crippen molar-refractivity contribution in [3.8, 4) is 0 Å². The van der Waals surface area contributed by atoms with E-state index in [4.69, 9.17) is 22.2 Å². The molecule has 0 atom stereocenters. The summed E-state index contributed by atoms with van der Waals surface area (Å²) in [7, 11) is 0. The second-order valence-electron chi connectivity index (χ2n) is 10.5. The molecule has 0 saturated carbocycles. The molecule has 1 aromatic heterocycles. The summed E-state index contributed by atoms with van der Waals surface area (Å²) < 4.78 is 13.3. The molecule has 8 nitrogen and oxygen atoms in total. The number of para-hydroxylation sites is 2. The zero-order chi connectivity index (χ0) is 28.7. The zero-order valence-corrected chi connectivity index (χ0v) is 24.3. The quantitative estimate of drug-likeness (QED) is 0.301. The van der Waals surface area contributed by atoms with Crippen LogP contribution in [0.15, 0.2) is 91.0 Å². The van der Waals surface area contributed by atoms with Gasteiger partial charge in [-0.3, -0.25) is 0 Å². The van der Waals surface area contributed by atoms with Crippen LogP contribution in [0.2, 0.25) is 0 Å². The van der Waals surface area contributed by atoms with Crippen molar-refractivity contribution in [1.82, 2.24) is 15.3 Å². The molecule has 0 bridgehead atoms. The molecule has 2 fully saturated rings. The normalized spacial score (nSPS) is 15.5. The highest BCUT2D eigenvalue weighted by atomic mass is 32.1. The third-order valence-corrected chi connectivity index (χ3v) is 7.99. The van der Waals surface area contributed by atoms with Gasteiger partial charge in [-0.05, 0) is 54.2 Å². The third-order valence-electron chi connectivity index (χ3n) is 7.74. The molecule has 2 aliphatic rings. The van der Waals surface area contributed by atoms with Crippen molar-refractivity contribution < 1.29 is 4.39 Å². The van der Waals surface area contributed by atoms with Crippen LogP contribution in [0.3, 0.4) is 0 Å². The van der Waals surface area contributed by atoms with Crippen LogP contribution in [0.1, 0.15) is 5.56 Å². The standard InChI is InChI=1S/C32H35FN8S/c33-26-13-11-25(12-14-26)24-34-32(42)37-31-35-29(40-19-15-38(16-20-40)27-7-3-1-4-8-27)23-30(36-31)41-21-17-39(18-22-41)28-9-5-2-6-10-28/h1-14,23H,15-22,24H2,(H2,34,35,36,37,42). The minimum atomic E-state index is -0.258. The van der Waals surface area contributed by atoms with Gasteiger partial charge in [0, 0.05) is 76.3 Å². The maximum Gasteiger partial charge on any atom is 0.232 e. The number of rotatable bonds is 7. The number of anilines is 5. The molecule has 2 aliphatic heterocycles. The highest BCUT2D eigenvalue weighted by Gasteiger charge is 2.23. The van der Waals surface area contributed by atoms with E-state index in [2.05, 4.69) is 97.0 Å². The SMILES string of the molecule is Fc1ccc(CNC(=S)Nc2nc(N3CCN(c4ccccc4)CC3)cc(N3CCN(c4ccccc4)CC3)n2)cc1. The summed E-state index contributed by atoms with van der Waals surface area (Å²) in [5.74, 6) is 1.99. The molecule has 2 saturated heterocycles. The maximum absolute atomic E-state index is 13.3. The van der Waals surface area contributed by atoms with Crippen LogP contribution in [0.5, 0.6) is 0 Å². The maximum atomic E-state index is 13.3. The Balaban J connectivity index is 1.16. The third kappa shape index (κ3) is 6.88. The van der Waals surface area contributed by atoms with Crippen molar-refractivity contribution >= 4 is 46.3 Å². The number of nitrogens with zero attached hydrogens (tertiary/aromatic N) is 6. The lowest BCUT2D eigenvalue weighted by molar-refractivity contribution is 0.627. The lowest BCUT2D eigenvalue weighted by atomic mass is 10.2. The number of hydrogen-bond acceptors (Lipinski definition) is 7. The molecule has 4 aromatic rings. The molecule has 0 radical (unpaired) electrons. The van der Waals surface area contributed by atoms with Gasteiger partial charge in [-0.1, -0.05) is 48.5 Å². The van der Waals surface area contributed by atoms with Crippen LogP contribution < -0.4 is 30.2 Å². The summed E-state index contributed by atoms with van der Waals surface area (Å²) >= 11 is 5.58. The van der Waals surface area contributed by atoms with Crippen LogP contribution in [-0.4, -0.2) is 67.4 Å². The van der Waals surface area contributed by atoms with Gasteiger partial charge in [-0.15, -0.1) is 0 Å². The van der Waals surface area contributed by atoms with E-state index in [0.717, 1.165) is 69.6 Å². The van der Waals surface area contributed by atoms with Crippen LogP contribution in [0.25, 0.3) is 0 Å². The number of aromatic nitrogens is 2. The molecular weight excluding hydrogens is 547 g/mol. The highest BCUT2D eigenvalue weighted by Crippen LogP contribution is 2.26. The average molecular weight is 583 g/mol. The van der Waals surface area contributed by atoms with E-state index in [1.165, 1.54) is 23.5 Å². The summed E-state index contributed by atoms with van der Waals surface area (Å²) in [6.45, 7) is 7.58. The van der Waals surface area contributed by atoms with Gasteiger partial charge in [-0.25, -0.2) is 4.39 Å². The Morgan fingerprint density at radius 3 is 1.57 bits per heavy atom. The van der Waals surface area contributed by atoms with Gasteiger partial charge in [-0.2, -0.15) is 9.97 Å². The van der Waals surface area contributed by atoms with E-state index in [9.17, 15) is 4.39 Å². The molecule has 3 heterocycles. The summed E-state index contributed by atoms with van der Waals surface area (Å²) in [6, 6.07) is 29.6. The first-order valence-electron chi connectivity index (χ1n) is 14.4. The van der Waals surface area contributed by atoms with Crippen molar-refractivity contribution in [2.75, 3.05) is 77.3 Å². The number of nitrogens with one attached hydrogen (secondary N) is 2. The van der Waals surface area contributed by atoms with Crippen LogP contribution in [-0.2, 0) is 6.54 Å². The number of halogens is 1. The Morgan fingerprint density at radius 2 is 1.10 bits per heavy atom. The highest BCUT2D eigenvalue weighted by molar-refractivity contribution is 7.80. The summed E-state index contributed by atoms with van der Waals surface area (Å²) in [4.78, 5) is 19.3.